The maximum atomic E-state index is 12.7. The second kappa shape index (κ2) is 7.64. The van der Waals surface area contributed by atoms with Gasteiger partial charge in [-0.25, -0.2) is 0 Å². The molecule has 1 unspecified atom stereocenters. The lowest BCUT2D eigenvalue weighted by Gasteiger charge is -2.19. The molecule has 25 heavy (non-hydrogen) atoms. The molecule has 2 aliphatic heterocycles. The van der Waals surface area contributed by atoms with Crippen LogP contribution in [0.15, 0.2) is 18.2 Å². The predicted molar refractivity (Wildman–Crippen MR) is 97.6 cm³/mol. The Bertz CT molecular complexity index is 778. The number of H-pyrrole nitrogens is 1. The monoisotopic (exact) mass is 382 g/mol. The largest absolute Gasteiger partial charge is 0.493 e. The van der Waals surface area contributed by atoms with Crippen molar-refractivity contribution < 1.29 is 9.53 Å². The fraction of sp³-hybridized carbons (Fsp3) is 0.412. The molecule has 8 heteroatoms. The van der Waals surface area contributed by atoms with Crippen LogP contribution in [0.5, 0.6) is 5.75 Å². The van der Waals surface area contributed by atoms with E-state index in [1.54, 1.807) is 0 Å². The number of ether oxygens (including phenoxy) is 1. The summed E-state index contributed by atoms with van der Waals surface area (Å²) in [5.41, 5.74) is 3.47. The average molecular weight is 383 g/mol. The van der Waals surface area contributed by atoms with Gasteiger partial charge < -0.3 is 15.4 Å². The van der Waals surface area contributed by atoms with Crippen molar-refractivity contribution in [3.63, 3.8) is 0 Å². The van der Waals surface area contributed by atoms with Crippen molar-refractivity contribution in [1.29, 1.82) is 0 Å². The maximum absolute atomic E-state index is 12.7. The Labute approximate surface area is 157 Å². The van der Waals surface area contributed by atoms with Gasteiger partial charge in [-0.2, -0.15) is 5.10 Å². The molecule has 1 atom stereocenters. The normalized spacial score (nSPS) is 18.8. The van der Waals surface area contributed by atoms with Gasteiger partial charge >= 0.3 is 0 Å². The maximum Gasteiger partial charge on any atom is 0.272 e. The van der Waals surface area contributed by atoms with Crippen molar-refractivity contribution in [3.8, 4) is 5.75 Å². The standard InChI is InChI=1S/C17H19ClN4O2.ClH/c18-10-3-4-11-13(2-1-7-24-15(11)8-10)20-17(23)16-12-9-19-6-5-14(12)21-22-16;/h3-4,8,13,19H,1-2,5-7,9H2,(H,20,23)(H,21,22);1H. The van der Waals surface area contributed by atoms with Gasteiger partial charge in [0.1, 0.15) is 5.75 Å². The van der Waals surface area contributed by atoms with E-state index in [-0.39, 0.29) is 24.4 Å². The number of carbonyl (C=O) groups is 1. The molecular formula is C17H20Cl2N4O2. The summed E-state index contributed by atoms with van der Waals surface area (Å²) in [6.07, 6.45) is 2.57. The molecular weight excluding hydrogens is 363 g/mol. The van der Waals surface area contributed by atoms with E-state index in [2.05, 4.69) is 20.8 Å². The number of hydrogen-bond acceptors (Lipinski definition) is 4. The van der Waals surface area contributed by atoms with E-state index in [9.17, 15) is 4.79 Å². The topological polar surface area (TPSA) is 79.0 Å². The lowest BCUT2D eigenvalue weighted by atomic mass is 10.0. The van der Waals surface area contributed by atoms with Crippen LogP contribution in [0.4, 0.5) is 0 Å². The first-order valence-corrected chi connectivity index (χ1v) is 8.60. The highest BCUT2D eigenvalue weighted by atomic mass is 35.5. The second-order valence-electron chi connectivity index (χ2n) is 6.15. The van der Waals surface area contributed by atoms with E-state index in [1.807, 2.05) is 18.2 Å². The Morgan fingerprint density at radius 1 is 1.40 bits per heavy atom. The molecule has 1 aromatic heterocycles. The van der Waals surface area contributed by atoms with Gasteiger partial charge in [0.2, 0.25) is 0 Å². The number of carbonyl (C=O) groups excluding carboxylic acids is 1. The summed E-state index contributed by atoms with van der Waals surface area (Å²) >= 11 is 6.06. The Balaban J connectivity index is 0.00000182. The van der Waals surface area contributed by atoms with Gasteiger partial charge in [-0.05, 0) is 25.0 Å². The molecule has 4 rings (SSSR count). The number of fused-ring (bicyclic) bond motifs is 2. The molecule has 2 aromatic rings. The van der Waals surface area contributed by atoms with Crippen LogP contribution in [0.2, 0.25) is 5.02 Å². The van der Waals surface area contributed by atoms with Crippen molar-refractivity contribution in [2.75, 3.05) is 13.2 Å². The summed E-state index contributed by atoms with van der Waals surface area (Å²) in [7, 11) is 0. The summed E-state index contributed by atoms with van der Waals surface area (Å²) in [6.45, 7) is 2.21. The minimum absolute atomic E-state index is 0. The molecule has 0 fully saturated rings. The number of nitrogens with zero attached hydrogens (tertiary/aromatic N) is 1. The summed E-state index contributed by atoms with van der Waals surface area (Å²) in [4.78, 5) is 12.7. The molecule has 6 nitrogen and oxygen atoms in total. The Hall–Kier alpha value is -1.76. The van der Waals surface area contributed by atoms with Gasteiger partial charge in [0, 0.05) is 41.4 Å². The van der Waals surface area contributed by atoms with Crippen LogP contribution in [-0.2, 0) is 13.0 Å². The lowest BCUT2D eigenvalue weighted by Crippen LogP contribution is -2.31. The highest BCUT2D eigenvalue weighted by Crippen LogP contribution is 2.33. The first-order valence-electron chi connectivity index (χ1n) is 8.22. The third kappa shape index (κ3) is 3.61. The second-order valence-corrected chi connectivity index (χ2v) is 6.59. The van der Waals surface area contributed by atoms with Crippen molar-refractivity contribution in [3.05, 3.63) is 45.7 Å². The molecule has 0 saturated heterocycles. The molecule has 0 bridgehead atoms. The van der Waals surface area contributed by atoms with Gasteiger partial charge in [-0.15, -0.1) is 12.4 Å². The quantitative estimate of drug-likeness (QED) is 0.745. The van der Waals surface area contributed by atoms with E-state index < -0.39 is 0 Å². The average Bonchev–Trinajstić information content (AvgIpc) is 2.92. The minimum Gasteiger partial charge on any atom is -0.493 e. The van der Waals surface area contributed by atoms with Crippen molar-refractivity contribution in [2.24, 2.45) is 0 Å². The molecule has 3 heterocycles. The van der Waals surface area contributed by atoms with Crippen LogP contribution < -0.4 is 15.4 Å². The molecule has 0 radical (unpaired) electrons. The number of amides is 1. The molecule has 0 saturated carbocycles. The molecule has 1 aromatic carbocycles. The Kier molecular flexibility index (Phi) is 5.51. The summed E-state index contributed by atoms with van der Waals surface area (Å²) in [6, 6.07) is 5.46. The molecule has 0 spiro atoms. The zero-order valence-electron chi connectivity index (χ0n) is 13.6. The number of benzene rings is 1. The van der Waals surface area contributed by atoms with Crippen LogP contribution in [0.25, 0.3) is 0 Å². The fourth-order valence-corrected chi connectivity index (χ4v) is 3.50. The van der Waals surface area contributed by atoms with Crippen LogP contribution >= 0.6 is 24.0 Å². The van der Waals surface area contributed by atoms with Crippen LogP contribution in [-0.4, -0.2) is 29.3 Å². The summed E-state index contributed by atoms with van der Waals surface area (Å²) in [5.74, 6) is 0.597. The number of hydrogen-bond donors (Lipinski definition) is 3. The van der Waals surface area contributed by atoms with Gasteiger partial charge in [0.05, 0.1) is 12.6 Å². The zero-order valence-corrected chi connectivity index (χ0v) is 15.2. The van der Waals surface area contributed by atoms with Gasteiger partial charge in [0.25, 0.3) is 5.91 Å². The van der Waals surface area contributed by atoms with Crippen LogP contribution in [0.1, 0.15) is 46.2 Å². The SMILES string of the molecule is Cl.O=C(NC1CCCOc2cc(Cl)ccc21)c1n[nH]c2c1CNCC2. The first-order chi connectivity index (χ1) is 11.7. The fourth-order valence-electron chi connectivity index (χ4n) is 3.34. The number of halogens is 2. The van der Waals surface area contributed by atoms with Crippen LogP contribution in [0.3, 0.4) is 0 Å². The predicted octanol–water partition coefficient (Wildman–Crippen LogP) is 2.77. The van der Waals surface area contributed by atoms with Crippen molar-refractivity contribution in [2.45, 2.75) is 31.8 Å². The van der Waals surface area contributed by atoms with Crippen LogP contribution in [0, 0.1) is 0 Å². The lowest BCUT2D eigenvalue weighted by molar-refractivity contribution is 0.0928. The third-order valence-electron chi connectivity index (χ3n) is 4.57. The van der Waals surface area contributed by atoms with Gasteiger partial charge in [0.15, 0.2) is 5.69 Å². The number of nitrogens with one attached hydrogen (secondary N) is 3. The Morgan fingerprint density at radius 2 is 2.28 bits per heavy atom. The smallest absolute Gasteiger partial charge is 0.272 e. The summed E-state index contributed by atoms with van der Waals surface area (Å²) in [5, 5.41) is 14.2. The number of rotatable bonds is 2. The number of aromatic nitrogens is 2. The molecule has 2 aliphatic rings. The molecule has 134 valence electrons. The van der Waals surface area contributed by atoms with E-state index in [1.165, 1.54) is 0 Å². The molecule has 1 amide bonds. The van der Waals surface area contributed by atoms with E-state index in [4.69, 9.17) is 16.3 Å². The van der Waals surface area contributed by atoms with Crippen molar-refractivity contribution >= 4 is 29.9 Å². The van der Waals surface area contributed by atoms with E-state index in [0.717, 1.165) is 48.4 Å². The first kappa shape index (κ1) is 18.0. The van der Waals surface area contributed by atoms with Gasteiger partial charge in [-0.3, -0.25) is 9.89 Å². The van der Waals surface area contributed by atoms with E-state index in [0.29, 0.717) is 23.9 Å². The minimum atomic E-state index is -0.149. The molecule has 3 N–H and O–H groups in total. The van der Waals surface area contributed by atoms with E-state index >= 15 is 0 Å². The highest BCUT2D eigenvalue weighted by molar-refractivity contribution is 6.30. The highest BCUT2D eigenvalue weighted by Gasteiger charge is 2.26. The van der Waals surface area contributed by atoms with Gasteiger partial charge in [-0.1, -0.05) is 17.7 Å². The zero-order chi connectivity index (χ0) is 16.5. The number of aromatic amines is 1. The third-order valence-corrected chi connectivity index (χ3v) is 4.81. The summed E-state index contributed by atoms with van der Waals surface area (Å²) < 4.78 is 5.75. The molecule has 0 aliphatic carbocycles. The van der Waals surface area contributed by atoms with Crippen molar-refractivity contribution in [1.82, 2.24) is 20.8 Å². The Morgan fingerprint density at radius 3 is 3.16 bits per heavy atom.